The molecule has 0 bridgehead atoms. The number of benzene rings is 1. The molecular weight excluding hydrogens is 162 g/mol. The van der Waals surface area contributed by atoms with Crippen LogP contribution in [0.4, 0.5) is 11.4 Å². The van der Waals surface area contributed by atoms with E-state index in [1.807, 2.05) is 12.1 Å². The normalized spacial score (nSPS) is 8.82. The van der Waals surface area contributed by atoms with Crippen LogP contribution in [0.25, 0.3) is 0 Å². The molecule has 0 spiro atoms. The van der Waals surface area contributed by atoms with Crippen LogP contribution in [0.3, 0.4) is 0 Å². The molecule has 0 fully saturated rings. The summed E-state index contributed by atoms with van der Waals surface area (Å²) in [7, 11) is 0. The van der Waals surface area contributed by atoms with Gasteiger partial charge >= 0.3 is 0 Å². The molecule has 0 aromatic heterocycles. The number of nitrogen functional groups attached to an aromatic ring is 2. The van der Waals surface area contributed by atoms with Crippen molar-refractivity contribution in [3.8, 4) is 0 Å². The van der Waals surface area contributed by atoms with Crippen LogP contribution in [-0.4, -0.2) is 0 Å². The summed E-state index contributed by atoms with van der Waals surface area (Å²) in [6.45, 7) is 0.441. The van der Waals surface area contributed by atoms with E-state index in [4.69, 9.17) is 17.2 Å². The third kappa shape index (κ3) is 2.00. The SMILES string of the molecule is Cl.NCc1cccc(N)c1N. The van der Waals surface area contributed by atoms with Crippen molar-refractivity contribution in [2.24, 2.45) is 5.73 Å². The predicted molar refractivity (Wildman–Crippen MR) is 50.4 cm³/mol. The van der Waals surface area contributed by atoms with E-state index >= 15 is 0 Å². The van der Waals surface area contributed by atoms with Gasteiger partial charge in [0.25, 0.3) is 0 Å². The third-order valence-corrected chi connectivity index (χ3v) is 1.45. The van der Waals surface area contributed by atoms with E-state index in [0.717, 1.165) is 5.56 Å². The summed E-state index contributed by atoms with van der Waals surface area (Å²) in [6, 6.07) is 5.47. The summed E-state index contributed by atoms with van der Waals surface area (Å²) in [6.07, 6.45) is 0. The van der Waals surface area contributed by atoms with Gasteiger partial charge in [-0.1, -0.05) is 12.1 Å². The van der Waals surface area contributed by atoms with Gasteiger partial charge in [-0.2, -0.15) is 0 Å². The Hall–Kier alpha value is -0.930. The van der Waals surface area contributed by atoms with Gasteiger partial charge in [0.1, 0.15) is 0 Å². The third-order valence-electron chi connectivity index (χ3n) is 1.45. The van der Waals surface area contributed by atoms with E-state index in [-0.39, 0.29) is 12.4 Å². The van der Waals surface area contributed by atoms with Gasteiger partial charge < -0.3 is 17.2 Å². The number of halogens is 1. The maximum Gasteiger partial charge on any atom is 0.0593 e. The molecule has 0 saturated carbocycles. The molecule has 1 aromatic rings. The van der Waals surface area contributed by atoms with Crippen molar-refractivity contribution < 1.29 is 0 Å². The lowest BCUT2D eigenvalue weighted by atomic mass is 10.1. The molecule has 0 heterocycles. The second-order valence-electron chi connectivity index (χ2n) is 2.12. The fourth-order valence-electron chi connectivity index (χ4n) is 0.811. The number of anilines is 2. The standard InChI is InChI=1S/C7H11N3.ClH/c8-4-5-2-1-3-6(9)7(5)10;/h1-3H,4,8-10H2;1H. The number of para-hydroxylation sites is 1. The van der Waals surface area contributed by atoms with Crippen LogP contribution in [0.1, 0.15) is 5.56 Å². The summed E-state index contributed by atoms with van der Waals surface area (Å²) in [4.78, 5) is 0. The maximum absolute atomic E-state index is 5.59. The molecular formula is C7H12ClN3. The van der Waals surface area contributed by atoms with Crippen LogP contribution >= 0.6 is 12.4 Å². The van der Waals surface area contributed by atoms with Gasteiger partial charge in [0.15, 0.2) is 0 Å². The Morgan fingerprint density at radius 3 is 2.27 bits per heavy atom. The molecule has 1 aromatic carbocycles. The Morgan fingerprint density at radius 1 is 1.18 bits per heavy atom. The number of nitrogens with two attached hydrogens (primary N) is 3. The highest BCUT2D eigenvalue weighted by atomic mass is 35.5. The zero-order valence-electron chi connectivity index (χ0n) is 6.08. The van der Waals surface area contributed by atoms with Crippen molar-refractivity contribution in [1.29, 1.82) is 0 Å². The zero-order valence-corrected chi connectivity index (χ0v) is 6.90. The fourth-order valence-corrected chi connectivity index (χ4v) is 0.811. The first-order valence-electron chi connectivity index (χ1n) is 3.08. The average Bonchev–Trinajstić information content (AvgIpc) is 1.95. The van der Waals surface area contributed by atoms with Crippen LogP contribution in [0.5, 0.6) is 0 Å². The first kappa shape index (κ1) is 10.1. The Labute approximate surface area is 72.0 Å². The van der Waals surface area contributed by atoms with Gasteiger partial charge in [0.05, 0.1) is 11.4 Å². The topological polar surface area (TPSA) is 78.1 Å². The number of rotatable bonds is 1. The van der Waals surface area contributed by atoms with Gasteiger partial charge in [-0.3, -0.25) is 0 Å². The molecule has 4 heteroatoms. The molecule has 6 N–H and O–H groups in total. The molecule has 0 radical (unpaired) electrons. The van der Waals surface area contributed by atoms with E-state index < -0.39 is 0 Å². The second-order valence-corrected chi connectivity index (χ2v) is 2.12. The average molecular weight is 174 g/mol. The fraction of sp³-hybridized carbons (Fsp3) is 0.143. The van der Waals surface area contributed by atoms with Crippen LogP contribution < -0.4 is 17.2 Å². The first-order valence-corrected chi connectivity index (χ1v) is 3.08. The van der Waals surface area contributed by atoms with Crippen molar-refractivity contribution in [2.45, 2.75) is 6.54 Å². The molecule has 0 saturated heterocycles. The zero-order chi connectivity index (χ0) is 7.56. The molecule has 0 aliphatic rings. The van der Waals surface area contributed by atoms with E-state index in [1.54, 1.807) is 6.07 Å². The van der Waals surface area contributed by atoms with Gasteiger partial charge in [0.2, 0.25) is 0 Å². The molecule has 0 atom stereocenters. The van der Waals surface area contributed by atoms with Crippen LogP contribution in [0, 0.1) is 0 Å². The Morgan fingerprint density at radius 2 is 1.82 bits per heavy atom. The quantitative estimate of drug-likeness (QED) is 0.548. The number of hydrogen-bond acceptors (Lipinski definition) is 3. The summed E-state index contributed by atoms with van der Waals surface area (Å²) in [5, 5.41) is 0. The Bertz CT molecular complexity index is 237. The van der Waals surface area contributed by atoms with E-state index in [1.165, 1.54) is 0 Å². The highest BCUT2D eigenvalue weighted by molar-refractivity contribution is 5.85. The predicted octanol–water partition coefficient (Wildman–Crippen LogP) is 0.732. The molecule has 1 rings (SSSR count). The summed E-state index contributed by atoms with van der Waals surface area (Å²) in [5.74, 6) is 0. The minimum Gasteiger partial charge on any atom is -0.397 e. The minimum atomic E-state index is 0. The largest absolute Gasteiger partial charge is 0.397 e. The van der Waals surface area contributed by atoms with Gasteiger partial charge in [-0.25, -0.2) is 0 Å². The van der Waals surface area contributed by atoms with Gasteiger partial charge in [0, 0.05) is 6.54 Å². The number of hydrogen-bond donors (Lipinski definition) is 3. The van der Waals surface area contributed by atoms with E-state index in [2.05, 4.69) is 0 Å². The smallest absolute Gasteiger partial charge is 0.0593 e. The lowest BCUT2D eigenvalue weighted by Gasteiger charge is -2.03. The van der Waals surface area contributed by atoms with Crippen molar-refractivity contribution in [1.82, 2.24) is 0 Å². The van der Waals surface area contributed by atoms with Crippen molar-refractivity contribution in [3.63, 3.8) is 0 Å². The molecule has 0 aliphatic heterocycles. The molecule has 62 valence electrons. The minimum absolute atomic E-state index is 0. The molecule has 0 aliphatic carbocycles. The molecule has 0 unspecified atom stereocenters. The van der Waals surface area contributed by atoms with Crippen LogP contribution in [-0.2, 0) is 6.54 Å². The first-order chi connectivity index (χ1) is 4.75. The monoisotopic (exact) mass is 173 g/mol. The molecule has 0 amide bonds. The second kappa shape index (κ2) is 4.05. The lowest BCUT2D eigenvalue weighted by Crippen LogP contribution is -2.03. The van der Waals surface area contributed by atoms with E-state index in [9.17, 15) is 0 Å². The molecule has 3 nitrogen and oxygen atoms in total. The highest BCUT2D eigenvalue weighted by Gasteiger charge is 1.97. The van der Waals surface area contributed by atoms with Gasteiger partial charge in [-0.15, -0.1) is 12.4 Å². The van der Waals surface area contributed by atoms with Crippen molar-refractivity contribution >= 4 is 23.8 Å². The van der Waals surface area contributed by atoms with Crippen LogP contribution in [0.2, 0.25) is 0 Å². The van der Waals surface area contributed by atoms with Crippen molar-refractivity contribution in [3.05, 3.63) is 23.8 Å². The summed E-state index contributed by atoms with van der Waals surface area (Å²) in [5.41, 5.74) is 18.6. The maximum atomic E-state index is 5.59. The van der Waals surface area contributed by atoms with Crippen molar-refractivity contribution in [2.75, 3.05) is 11.5 Å². The van der Waals surface area contributed by atoms with Gasteiger partial charge in [-0.05, 0) is 11.6 Å². The van der Waals surface area contributed by atoms with E-state index in [0.29, 0.717) is 17.9 Å². The highest BCUT2D eigenvalue weighted by Crippen LogP contribution is 2.17. The Kier molecular flexibility index (Phi) is 3.71. The Balaban J connectivity index is 0.000001000. The summed E-state index contributed by atoms with van der Waals surface area (Å²) >= 11 is 0. The lowest BCUT2D eigenvalue weighted by molar-refractivity contribution is 1.08. The van der Waals surface area contributed by atoms with Crippen LogP contribution in [0.15, 0.2) is 18.2 Å². The molecule has 11 heavy (non-hydrogen) atoms. The summed E-state index contributed by atoms with van der Waals surface area (Å²) < 4.78 is 0.